The molecule has 190 valence electrons. The predicted molar refractivity (Wildman–Crippen MR) is 149 cm³/mol. The first-order valence-corrected chi connectivity index (χ1v) is 12.1. The third-order valence-electron chi connectivity index (χ3n) is 5.96. The molecule has 2 amide bonds. The summed E-state index contributed by atoms with van der Waals surface area (Å²) < 4.78 is 7.29. The summed E-state index contributed by atoms with van der Waals surface area (Å²) in [5, 5.41) is 7.98. The molecule has 0 atom stereocenters. The fraction of sp³-hybridized carbons (Fsp3) is 0.207. The molecular weight excluding hydrogens is 466 g/mol. The summed E-state index contributed by atoms with van der Waals surface area (Å²) in [6.45, 7) is 0.699. The van der Waals surface area contributed by atoms with Crippen molar-refractivity contribution in [2.45, 2.75) is 19.4 Å². The molecule has 0 aliphatic rings. The van der Waals surface area contributed by atoms with E-state index in [-0.39, 0.29) is 11.8 Å². The van der Waals surface area contributed by atoms with E-state index in [0.29, 0.717) is 24.9 Å². The van der Waals surface area contributed by atoms with Crippen LogP contribution in [0.3, 0.4) is 0 Å². The molecule has 1 heterocycles. The van der Waals surface area contributed by atoms with E-state index in [9.17, 15) is 9.59 Å². The Morgan fingerprint density at radius 3 is 2.68 bits per heavy atom. The van der Waals surface area contributed by atoms with Crippen LogP contribution in [0.25, 0.3) is 10.9 Å². The molecular formula is C29H31N5O3. The van der Waals surface area contributed by atoms with E-state index >= 15 is 0 Å². The highest BCUT2D eigenvalue weighted by Crippen LogP contribution is 2.20. The van der Waals surface area contributed by atoms with Crippen molar-refractivity contribution in [3.8, 4) is 5.75 Å². The molecule has 8 nitrogen and oxygen atoms in total. The first kappa shape index (κ1) is 25.5. The van der Waals surface area contributed by atoms with Gasteiger partial charge in [-0.1, -0.05) is 18.2 Å². The summed E-state index contributed by atoms with van der Waals surface area (Å²) in [5.41, 5.74) is 6.75. The van der Waals surface area contributed by atoms with Crippen molar-refractivity contribution in [1.82, 2.24) is 9.99 Å². The Morgan fingerprint density at radius 1 is 1.03 bits per heavy atom. The monoisotopic (exact) mass is 497 g/mol. The number of rotatable bonds is 10. The van der Waals surface area contributed by atoms with Gasteiger partial charge in [-0.3, -0.25) is 9.59 Å². The summed E-state index contributed by atoms with van der Waals surface area (Å²) in [7, 11) is 5.54. The second-order valence-electron chi connectivity index (χ2n) is 8.85. The summed E-state index contributed by atoms with van der Waals surface area (Å²) in [6, 6.07) is 22.7. The Balaban J connectivity index is 1.30. The van der Waals surface area contributed by atoms with Gasteiger partial charge in [-0.05, 0) is 66.6 Å². The number of anilines is 2. The van der Waals surface area contributed by atoms with Crippen LogP contribution in [-0.4, -0.2) is 43.8 Å². The van der Waals surface area contributed by atoms with E-state index in [1.807, 2.05) is 91.9 Å². The van der Waals surface area contributed by atoms with Crippen LogP contribution >= 0.6 is 0 Å². The Kier molecular flexibility index (Phi) is 8.20. The third kappa shape index (κ3) is 6.76. The van der Waals surface area contributed by atoms with Crippen molar-refractivity contribution >= 4 is 40.3 Å². The van der Waals surface area contributed by atoms with Crippen molar-refractivity contribution in [2.75, 3.05) is 31.4 Å². The van der Waals surface area contributed by atoms with Crippen LogP contribution in [0.4, 0.5) is 11.4 Å². The lowest BCUT2D eigenvalue weighted by molar-refractivity contribution is -0.116. The highest BCUT2D eigenvalue weighted by molar-refractivity contribution is 5.98. The van der Waals surface area contributed by atoms with E-state index in [1.165, 1.54) is 0 Å². The fourth-order valence-electron chi connectivity index (χ4n) is 3.98. The number of nitrogens with zero attached hydrogens (tertiary/aromatic N) is 3. The van der Waals surface area contributed by atoms with Gasteiger partial charge in [0, 0.05) is 61.1 Å². The highest BCUT2D eigenvalue weighted by Gasteiger charge is 2.09. The summed E-state index contributed by atoms with van der Waals surface area (Å²) in [4.78, 5) is 27.0. The van der Waals surface area contributed by atoms with Gasteiger partial charge in [0.05, 0.1) is 13.3 Å². The molecule has 4 aromatic rings. The normalized spacial score (nSPS) is 11.0. The number of ether oxygens (including phenoxy) is 1. The van der Waals surface area contributed by atoms with Crippen LogP contribution in [-0.2, 0) is 11.3 Å². The number of fused-ring (bicyclic) bond motifs is 1. The van der Waals surface area contributed by atoms with Crippen molar-refractivity contribution < 1.29 is 14.3 Å². The van der Waals surface area contributed by atoms with Crippen LogP contribution < -0.4 is 20.4 Å². The van der Waals surface area contributed by atoms with Crippen molar-refractivity contribution in [3.05, 3.63) is 90.1 Å². The van der Waals surface area contributed by atoms with Crippen LogP contribution in [0.15, 0.2) is 84.1 Å². The number of nitrogens with one attached hydrogen (secondary N) is 2. The lowest BCUT2D eigenvalue weighted by Gasteiger charge is -2.14. The zero-order valence-electron chi connectivity index (χ0n) is 21.3. The molecule has 0 unspecified atom stereocenters. The van der Waals surface area contributed by atoms with Crippen molar-refractivity contribution in [2.24, 2.45) is 5.10 Å². The minimum Gasteiger partial charge on any atom is -0.497 e. The molecule has 0 saturated carbocycles. The van der Waals surface area contributed by atoms with Gasteiger partial charge in [0.15, 0.2) is 0 Å². The first-order chi connectivity index (χ1) is 17.9. The van der Waals surface area contributed by atoms with Crippen molar-refractivity contribution in [1.29, 1.82) is 0 Å². The fourth-order valence-corrected chi connectivity index (χ4v) is 3.98. The largest absolute Gasteiger partial charge is 0.497 e. The van der Waals surface area contributed by atoms with Gasteiger partial charge in [-0.2, -0.15) is 5.10 Å². The van der Waals surface area contributed by atoms with Gasteiger partial charge < -0.3 is 19.5 Å². The van der Waals surface area contributed by atoms with Crippen LogP contribution in [0, 0.1) is 0 Å². The molecule has 0 fully saturated rings. The van der Waals surface area contributed by atoms with Gasteiger partial charge >= 0.3 is 0 Å². The lowest BCUT2D eigenvalue weighted by atomic mass is 10.1. The maximum Gasteiger partial charge on any atom is 0.271 e. The molecule has 37 heavy (non-hydrogen) atoms. The molecule has 0 bridgehead atoms. The number of amides is 2. The molecule has 0 aliphatic carbocycles. The van der Waals surface area contributed by atoms with Crippen LogP contribution in [0.2, 0.25) is 0 Å². The Hall–Kier alpha value is -4.59. The SMILES string of the molecule is COc1cccc(/C=N/NC(=O)c2ccc3c(ccn3CCCC(=O)Nc3cccc(N(C)C)c3)c2)c1. The Morgan fingerprint density at radius 2 is 1.86 bits per heavy atom. The molecule has 4 rings (SSSR count). The maximum absolute atomic E-state index is 12.6. The summed E-state index contributed by atoms with van der Waals surface area (Å²) >= 11 is 0. The average Bonchev–Trinajstić information content (AvgIpc) is 3.31. The lowest BCUT2D eigenvalue weighted by Crippen LogP contribution is -2.17. The number of methoxy groups -OCH3 is 1. The number of benzene rings is 3. The second-order valence-corrected chi connectivity index (χ2v) is 8.85. The molecule has 0 saturated heterocycles. The second kappa shape index (κ2) is 11.9. The quantitative estimate of drug-likeness (QED) is 0.241. The van der Waals surface area contributed by atoms with Gasteiger partial charge in [-0.15, -0.1) is 0 Å². The zero-order valence-corrected chi connectivity index (χ0v) is 21.3. The molecule has 0 spiro atoms. The number of aryl methyl sites for hydroxylation is 1. The highest BCUT2D eigenvalue weighted by atomic mass is 16.5. The minimum absolute atomic E-state index is 0.0131. The molecule has 0 radical (unpaired) electrons. The van der Waals surface area contributed by atoms with E-state index in [2.05, 4.69) is 20.4 Å². The molecule has 3 aromatic carbocycles. The number of hydrogen-bond donors (Lipinski definition) is 2. The van der Waals surface area contributed by atoms with E-state index in [0.717, 1.165) is 33.6 Å². The van der Waals surface area contributed by atoms with Gasteiger partial charge in [-0.25, -0.2) is 5.43 Å². The predicted octanol–water partition coefficient (Wildman–Crippen LogP) is 4.90. The van der Waals surface area contributed by atoms with Gasteiger partial charge in [0.25, 0.3) is 5.91 Å². The molecule has 2 N–H and O–H groups in total. The third-order valence-corrected chi connectivity index (χ3v) is 5.96. The summed E-state index contributed by atoms with van der Waals surface area (Å²) in [5.74, 6) is 0.422. The maximum atomic E-state index is 12.6. The Bertz CT molecular complexity index is 1420. The molecule has 1 aromatic heterocycles. The zero-order chi connectivity index (χ0) is 26.2. The number of carbonyl (C=O) groups is 2. The minimum atomic E-state index is -0.288. The summed E-state index contributed by atoms with van der Waals surface area (Å²) in [6.07, 6.45) is 4.66. The number of carbonyl (C=O) groups excluding carboxylic acids is 2. The van der Waals surface area contributed by atoms with Gasteiger partial charge in [0.1, 0.15) is 5.75 Å². The molecule has 8 heteroatoms. The van der Waals surface area contributed by atoms with Crippen LogP contribution in [0.1, 0.15) is 28.8 Å². The first-order valence-electron chi connectivity index (χ1n) is 12.1. The average molecular weight is 498 g/mol. The number of hydrogen-bond acceptors (Lipinski definition) is 5. The van der Waals surface area contributed by atoms with Crippen LogP contribution in [0.5, 0.6) is 5.75 Å². The van der Waals surface area contributed by atoms with E-state index in [4.69, 9.17) is 4.74 Å². The van der Waals surface area contributed by atoms with E-state index < -0.39 is 0 Å². The number of aromatic nitrogens is 1. The molecule has 0 aliphatic heterocycles. The smallest absolute Gasteiger partial charge is 0.271 e. The topological polar surface area (TPSA) is 88.0 Å². The Labute approximate surface area is 216 Å². The van der Waals surface area contributed by atoms with Gasteiger partial charge in [0.2, 0.25) is 5.91 Å². The van der Waals surface area contributed by atoms with E-state index in [1.54, 1.807) is 19.4 Å². The standard InChI is InChI=1S/C29H31N5O3/c1-33(2)25-9-5-8-24(19-25)31-28(35)11-6-15-34-16-14-22-18-23(12-13-27(22)34)29(36)32-30-20-21-7-4-10-26(17-21)37-3/h4-5,7-10,12-14,16-20H,6,11,15H2,1-3H3,(H,31,35)(H,32,36)/b30-20+. The number of hydrazone groups is 1. The van der Waals surface area contributed by atoms with Crippen molar-refractivity contribution in [3.63, 3.8) is 0 Å².